The maximum atomic E-state index is 12.2. The molecule has 0 radical (unpaired) electrons. The first-order valence-electron chi connectivity index (χ1n) is 7.29. The molecule has 2 aromatic heterocycles. The molecule has 126 valence electrons. The number of nitrogens with one attached hydrogen (secondary N) is 1. The molecule has 1 aliphatic rings. The van der Waals surface area contributed by atoms with E-state index in [1.165, 1.54) is 4.90 Å². The molecule has 1 amide bonds. The molecule has 3 heterocycles. The summed E-state index contributed by atoms with van der Waals surface area (Å²) in [7, 11) is 0. The van der Waals surface area contributed by atoms with Crippen molar-refractivity contribution in [1.82, 2.24) is 24.4 Å². The van der Waals surface area contributed by atoms with E-state index in [1.54, 1.807) is 11.5 Å². The van der Waals surface area contributed by atoms with Crippen molar-refractivity contribution in [3.05, 3.63) is 15.6 Å². The van der Waals surface area contributed by atoms with Gasteiger partial charge >= 0.3 is 6.09 Å². The number of carboxylic acid groups (broad SMARTS) is 1. The van der Waals surface area contributed by atoms with E-state index in [9.17, 15) is 9.59 Å². The van der Waals surface area contributed by atoms with E-state index >= 15 is 0 Å². The van der Waals surface area contributed by atoms with Crippen molar-refractivity contribution < 1.29 is 9.90 Å². The van der Waals surface area contributed by atoms with Gasteiger partial charge in [0.1, 0.15) is 0 Å². The monoisotopic (exact) mass is 350 g/mol. The normalized spacial score (nSPS) is 14.6. The Morgan fingerprint density at radius 2 is 2.04 bits per heavy atom. The van der Waals surface area contributed by atoms with E-state index in [1.807, 2.05) is 4.90 Å². The van der Waals surface area contributed by atoms with Crippen LogP contribution < -0.4 is 10.5 Å². The molecule has 1 aliphatic heterocycles. The summed E-state index contributed by atoms with van der Waals surface area (Å²) in [5.41, 5.74) is 0.168. The molecule has 0 saturated carbocycles. The highest BCUT2D eigenvalue weighted by Gasteiger charge is 2.25. The van der Waals surface area contributed by atoms with Crippen molar-refractivity contribution >= 4 is 34.8 Å². The summed E-state index contributed by atoms with van der Waals surface area (Å²) < 4.78 is 1.68. The van der Waals surface area contributed by atoms with Gasteiger partial charge in [-0.15, -0.1) is 5.92 Å². The number of hydrogen-bond acceptors (Lipinski definition) is 5. The smallest absolute Gasteiger partial charge is 0.407 e. The number of rotatable bonds is 2. The third-order valence-electron chi connectivity index (χ3n) is 3.81. The lowest BCUT2D eigenvalue weighted by Crippen LogP contribution is -2.49. The Bertz CT molecular complexity index is 901. The van der Waals surface area contributed by atoms with Gasteiger partial charge in [-0.2, -0.15) is 9.97 Å². The molecule has 0 spiro atoms. The third kappa shape index (κ3) is 2.88. The van der Waals surface area contributed by atoms with Crippen molar-refractivity contribution in [3.63, 3.8) is 0 Å². The number of hydrogen-bond donors (Lipinski definition) is 2. The first-order valence-corrected chi connectivity index (χ1v) is 7.67. The fourth-order valence-electron chi connectivity index (χ4n) is 2.65. The van der Waals surface area contributed by atoms with Crippen LogP contribution in [0.15, 0.2) is 4.79 Å². The molecular formula is C14H15ClN6O3. The van der Waals surface area contributed by atoms with E-state index < -0.39 is 6.09 Å². The van der Waals surface area contributed by atoms with Crippen LogP contribution >= 0.6 is 11.6 Å². The second-order valence-electron chi connectivity index (χ2n) is 5.21. The first-order chi connectivity index (χ1) is 11.5. The summed E-state index contributed by atoms with van der Waals surface area (Å²) in [6, 6.07) is 0. The number of amides is 1. The van der Waals surface area contributed by atoms with Crippen molar-refractivity contribution in [2.45, 2.75) is 13.5 Å². The maximum Gasteiger partial charge on any atom is 0.407 e. The van der Waals surface area contributed by atoms with E-state index in [2.05, 4.69) is 26.8 Å². The topological polar surface area (TPSA) is 107 Å². The second-order valence-corrected chi connectivity index (χ2v) is 5.57. The molecule has 0 atom stereocenters. The van der Waals surface area contributed by atoms with Crippen LogP contribution in [-0.4, -0.2) is 61.8 Å². The molecule has 3 rings (SSSR count). The number of aromatic amines is 1. The Kier molecular flexibility index (Phi) is 4.31. The van der Waals surface area contributed by atoms with Gasteiger partial charge in [-0.25, -0.2) is 4.79 Å². The van der Waals surface area contributed by atoms with E-state index in [0.717, 1.165) is 0 Å². The average molecular weight is 351 g/mol. The Hall–Kier alpha value is -2.73. The number of aromatic nitrogens is 4. The van der Waals surface area contributed by atoms with Crippen molar-refractivity contribution in [3.8, 4) is 11.8 Å². The summed E-state index contributed by atoms with van der Waals surface area (Å²) in [6.45, 7) is 3.67. The van der Waals surface area contributed by atoms with Gasteiger partial charge in [0.05, 0.1) is 6.54 Å². The lowest BCUT2D eigenvalue weighted by molar-refractivity contribution is 0.142. The molecule has 0 unspecified atom stereocenters. The van der Waals surface area contributed by atoms with Crippen molar-refractivity contribution in [2.75, 3.05) is 31.1 Å². The van der Waals surface area contributed by atoms with Crippen molar-refractivity contribution in [1.29, 1.82) is 0 Å². The molecule has 0 aliphatic carbocycles. The van der Waals surface area contributed by atoms with Crippen LogP contribution in [0.3, 0.4) is 0 Å². The third-order valence-corrected chi connectivity index (χ3v) is 3.99. The number of carbonyl (C=O) groups is 1. The van der Waals surface area contributed by atoms with Crippen LogP contribution in [0.2, 0.25) is 5.28 Å². The Balaban J connectivity index is 2.03. The van der Waals surface area contributed by atoms with Gasteiger partial charge < -0.3 is 14.9 Å². The zero-order valence-corrected chi connectivity index (χ0v) is 13.7. The summed E-state index contributed by atoms with van der Waals surface area (Å²) in [6.07, 6.45) is -0.940. The quantitative estimate of drug-likeness (QED) is 0.606. The molecule has 9 nitrogen and oxygen atoms in total. The Morgan fingerprint density at radius 1 is 1.33 bits per heavy atom. The van der Waals surface area contributed by atoms with Crippen LogP contribution in [0.5, 0.6) is 0 Å². The van der Waals surface area contributed by atoms with Gasteiger partial charge in [0.15, 0.2) is 11.2 Å². The largest absolute Gasteiger partial charge is 0.465 e. The molecule has 0 bridgehead atoms. The predicted octanol–water partition coefficient (Wildman–Crippen LogP) is 0.596. The van der Waals surface area contributed by atoms with E-state index in [4.69, 9.17) is 16.7 Å². The summed E-state index contributed by atoms with van der Waals surface area (Å²) >= 11 is 5.80. The molecule has 0 aromatic carbocycles. The van der Waals surface area contributed by atoms with Crippen LogP contribution in [-0.2, 0) is 6.54 Å². The fourth-order valence-corrected chi connectivity index (χ4v) is 2.82. The average Bonchev–Trinajstić information content (AvgIpc) is 2.91. The van der Waals surface area contributed by atoms with Gasteiger partial charge in [-0.05, 0) is 18.5 Å². The Morgan fingerprint density at radius 3 is 2.67 bits per heavy atom. The number of anilines is 1. The summed E-state index contributed by atoms with van der Waals surface area (Å²) in [4.78, 5) is 37.5. The predicted molar refractivity (Wildman–Crippen MR) is 88.4 cm³/mol. The van der Waals surface area contributed by atoms with E-state index in [-0.39, 0.29) is 23.0 Å². The lowest BCUT2D eigenvalue weighted by Gasteiger charge is -2.33. The second kappa shape index (κ2) is 6.41. The first kappa shape index (κ1) is 16.1. The van der Waals surface area contributed by atoms with Crippen LogP contribution in [0, 0.1) is 11.8 Å². The molecule has 1 fully saturated rings. The number of H-pyrrole nitrogens is 1. The zero-order valence-electron chi connectivity index (χ0n) is 12.9. The molecule has 1 saturated heterocycles. The van der Waals surface area contributed by atoms with Crippen molar-refractivity contribution in [2.24, 2.45) is 0 Å². The highest BCUT2D eigenvalue weighted by Crippen LogP contribution is 2.21. The summed E-state index contributed by atoms with van der Waals surface area (Å²) in [5.74, 6) is 6.25. The van der Waals surface area contributed by atoms with Crippen LogP contribution in [0.4, 0.5) is 10.7 Å². The lowest BCUT2D eigenvalue weighted by atomic mass is 10.3. The Labute approximate surface area is 141 Å². The maximum absolute atomic E-state index is 12.2. The van der Waals surface area contributed by atoms with Crippen LogP contribution in [0.25, 0.3) is 11.2 Å². The molecular weight excluding hydrogens is 336 g/mol. The van der Waals surface area contributed by atoms with Crippen LogP contribution in [0.1, 0.15) is 6.92 Å². The standard InChI is InChI=1S/C14H15ClN6O3/c1-2-3-4-21-9-10(16-12(15)18-11(9)22)17-13(21)19-5-7-20(8-6-19)14(23)24/h4-8H2,1H3,(H,23,24)(H,16,18,22). The van der Waals surface area contributed by atoms with Gasteiger partial charge in [0.2, 0.25) is 11.2 Å². The summed E-state index contributed by atoms with van der Waals surface area (Å²) in [5, 5.41) is 9.02. The molecule has 2 aromatic rings. The minimum atomic E-state index is -0.940. The number of fused-ring (bicyclic) bond motifs is 1. The number of imidazole rings is 1. The highest BCUT2D eigenvalue weighted by atomic mass is 35.5. The van der Waals surface area contributed by atoms with E-state index in [0.29, 0.717) is 37.6 Å². The molecule has 2 N–H and O–H groups in total. The molecule has 24 heavy (non-hydrogen) atoms. The van der Waals surface area contributed by atoms with Gasteiger partial charge in [0, 0.05) is 26.2 Å². The van der Waals surface area contributed by atoms with Gasteiger partial charge in [-0.1, -0.05) is 5.92 Å². The minimum Gasteiger partial charge on any atom is -0.465 e. The number of halogens is 1. The number of nitrogens with zero attached hydrogens (tertiary/aromatic N) is 5. The number of piperazine rings is 1. The molecule has 10 heteroatoms. The highest BCUT2D eigenvalue weighted by molar-refractivity contribution is 6.28. The zero-order chi connectivity index (χ0) is 17.3. The van der Waals surface area contributed by atoms with Gasteiger partial charge in [-0.3, -0.25) is 14.3 Å². The SMILES string of the molecule is CC#CCn1c(N2CCN(C(=O)O)CC2)nc2nc(Cl)[nH]c(=O)c21. The fraction of sp³-hybridized carbons (Fsp3) is 0.429. The van der Waals surface area contributed by atoms with Gasteiger partial charge in [0.25, 0.3) is 5.56 Å². The minimum absolute atomic E-state index is 0.0269.